The highest BCUT2D eigenvalue weighted by atomic mass is 35.5. The predicted molar refractivity (Wildman–Crippen MR) is 139 cm³/mol. The highest BCUT2D eigenvalue weighted by Crippen LogP contribution is 2.38. The lowest BCUT2D eigenvalue weighted by atomic mass is 10.0. The second-order valence-electron chi connectivity index (χ2n) is 7.20. The third kappa shape index (κ3) is 5.80. The second-order valence-corrected chi connectivity index (χ2v) is 9.70. The van der Waals surface area contributed by atoms with E-state index in [4.69, 9.17) is 69.6 Å². The third-order valence-corrected chi connectivity index (χ3v) is 6.62. The molecule has 4 rings (SSSR count). The molecule has 0 saturated heterocycles. The van der Waals surface area contributed by atoms with E-state index in [2.05, 4.69) is 15.5 Å². The largest absolute Gasteiger partial charge is 0.350 e. The van der Waals surface area contributed by atoms with Gasteiger partial charge in [-0.1, -0.05) is 75.7 Å². The SMILES string of the molecule is O=C(Cn1nc(-c2ccc(Cl)cc2Cl)c(-c2ccc(Cl)cc2Cl)n1)NCc1ccc(Cl)c(Cl)c1. The van der Waals surface area contributed by atoms with Crippen LogP contribution in [0, 0.1) is 0 Å². The molecule has 11 heteroatoms. The number of aromatic nitrogens is 3. The number of hydrogen-bond acceptors (Lipinski definition) is 3. The minimum Gasteiger partial charge on any atom is -0.350 e. The molecular weight excluding hydrogens is 561 g/mol. The fraction of sp³-hybridized carbons (Fsp3) is 0.0870. The van der Waals surface area contributed by atoms with Crippen molar-refractivity contribution < 1.29 is 4.79 Å². The van der Waals surface area contributed by atoms with Gasteiger partial charge in [-0.05, 0) is 54.1 Å². The van der Waals surface area contributed by atoms with Crippen molar-refractivity contribution in [3.05, 3.63) is 90.3 Å². The Morgan fingerprint density at radius 3 is 1.76 bits per heavy atom. The summed E-state index contributed by atoms with van der Waals surface area (Å²) in [7, 11) is 0. The average Bonchev–Trinajstić information content (AvgIpc) is 3.17. The Bertz CT molecular complexity index is 1320. The van der Waals surface area contributed by atoms with E-state index in [1.807, 2.05) is 0 Å². The van der Waals surface area contributed by atoms with Gasteiger partial charge in [0.25, 0.3) is 0 Å². The molecule has 0 atom stereocenters. The van der Waals surface area contributed by atoms with Gasteiger partial charge in [-0.25, -0.2) is 0 Å². The molecule has 0 spiro atoms. The van der Waals surface area contributed by atoms with Crippen LogP contribution in [0.4, 0.5) is 0 Å². The van der Waals surface area contributed by atoms with Crippen LogP contribution in [0.3, 0.4) is 0 Å². The van der Waals surface area contributed by atoms with Crippen molar-refractivity contribution in [1.29, 1.82) is 0 Å². The molecule has 1 heterocycles. The van der Waals surface area contributed by atoms with Crippen molar-refractivity contribution in [1.82, 2.24) is 20.3 Å². The number of hydrogen-bond donors (Lipinski definition) is 1. The number of benzene rings is 3. The Kier molecular flexibility index (Phi) is 7.93. The first-order valence-electron chi connectivity index (χ1n) is 9.78. The third-order valence-electron chi connectivity index (χ3n) is 4.79. The van der Waals surface area contributed by atoms with Gasteiger partial charge in [0.2, 0.25) is 5.91 Å². The van der Waals surface area contributed by atoms with Crippen LogP contribution in [-0.4, -0.2) is 20.9 Å². The zero-order valence-electron chi connectivity index (χ0n) is 17.1. The molecule has 174 valence electrons. The molecule has 0 aliphatic heterocycles. The van der Waals surface area contributed by atoms with E-state index in [0.29, 0.717) is 52.7 Å². The van der Waals surface area contributed by atoms with Crippen LogP contribution in [0.2, 0.25) is 30.1 Å². The monoisotopic (exact) mass is 572 g/mol. The fourth-order valence-electron chi connectivity index (χ4n) is 3.18. The Balaban J connectivity index is 1.63. The highest BCUT2D eigenvalue weighted by molar-refractivity contribution is 6.42. The molecule has 0 radical (unpaired) electrons. The van der Waals surface area contributed by atoms with E-state index in [0.717, 1.165) is 5.56 Å². The minimum atomic E-state index is -0.302. The van der Waals surface area contributed by atoms with E-state index in [9.17, 15) is 4.79 Å². The van der Waals surface area contributed by atoms with Crippen LogP contribution in [0.5, 0.6) is 0 Å². The first kappa shape index (κ1) is 25.1. The lowest BCUT2D eigenvalue weighted by molar-refractivity contribution is -0.122. The van der Waals surface area contributed by atoms with Gasteiger partial charge < -0.3 is 5.32 Å². The van der Waals surface area contributed by atoms with Crippen LogP contribution >= 0.6 is 69.6 Å². The molecule has 0 aliphatic carbocycles. The fourth-order valence-corrected chi connectivity index (χ4v) is 4.50. The number of nitrogens with one attached hydrogen (secondary N) is 1. The number of carbonyl (C=O) groups excluding carboxylic acids is 1. The number of nitrogens with zero attached hydrogens (tertiary/aromatic N) is 3. The maximum absolute atomic E-state index is 12.6. The summed E-state index contributed by atoms with van der Waals surface area (Å²) in [6.07, 6.45) is 0. The van der Waals surface area contributed by atoms with Gasteiger partial charge in [0.15, 0.2) is 0 Å². The molecule has 1 aromatic heterocycles. The first-order valence-corrected chi connectivity index (χ1v) is 12.0. The number of carbonyl (C=O) groups is 1. The smallest absolute Gasteiger partial charge is 0.243 e. The molecule has 4 aromatic rings. The van der Waals surface area contributed by atoms with Crippen LogP contribution in [-0.2, 0) is 17.9 Å². The molecule has 0 unspecified atom stereocenters. The Morgan fingerprint density at radius 2 is 1.26 bits per heavy atom. The second kappa shape index (κ2) is 10.7. The number of amides is 1. The van der Waals surface area contributed by atoms with E-state index in [1.165, 1.54) is 4.80 Å². The Morgan fingerprint density at radius 1 is 0.706 bits per heavy atom. The quantitative estimate of drug-likeness (QED) is 0.255. The molecule has 0 saturated carbocycles. The lowest BCUT2D eigenvalue weighted by Crippen LogP contribution is -2.28. The molecule has 0 fully saturated rings. The normalized spacial score (nSPS) is 11.0. The Hall–Kier alpha value is -1.99. The summed E-state index contributed by atoms with van der Waals surface area (Å²) >= 11 is 36.9. The summed E-state index contributed by atoms with van der Waals surface area (Å²) < 4.78 is 0. The predicted octanol–water partition coefficient (Wildman–Crippen LogP) is 7.85. The van der Waals surface area contributed by atoms with Crippen LogP contribution in [0.15, 0.2) is 54.6 Å². The van der Waals surface area contributed by atoms with Gasteiger partial charge >= 0.3 is 0 Å². The summed E-state index contributed by atoms with van der Waals surface area (Å²) in [5.41, 5.74) is 2.88. The van der Waals surface area contributed by atoms with Crippen LogP contribution in [0.1, 0.15) is 5.56 Å². The maximum atomic E-state index is 12.6. The van der Waals surface area contributed by atoms with E-state index >= 15 is 0 Å². The standard InChI is InChI=1S/C23H14Cl6N4O/c24-13-2-4-15(18(27)8-13)22-23(16-5-3-14(25)9-19(16)28)32-33(31-22)11-21(34)30-10-12-1-6-17(26)20(29)7-12/h1-9H,10-11H2,(H,30,34). The summed E-state index contributed by atoms with van der Waals surface area (Å²) in [5, 5.41) is 14.4. The number of rotatable bonds is 6. The van der Waals surface area contributed by atoms with Crippen molar-refractivity contribution in [2.24, 2.45) is 0 Å². The summed E-state index contributed by atoms with van der Waals surface area (Å²) in [4.78, 5) is 13.9. The topological polar surface area (TPSA) is 59.8 Å². The molecule has 1 N–H and O–H groups in total. The molecule has 5 nitrogen and oxygen atoms in total. The number of halogens is 6. The zero-order valence-corrected chi connectivity index (χ0v) is 21.7. The van der Waals surface area contributed by atoms with Crippen molar-refractivity contribution in [3.63, 3.8) is 0 Å². The van der Waals surface area contributed by atoms with Gasteiger partial charge in [-0.2, -0.15) is 15.0 Å². The van der Waals surface area contributed by atoms with Crippen molar-refractivity contribution >= 4 is 75.5 Å². The molecule has 34 heavy (non-hydrogen) atoms. The van der Waals surface area contributed by atoms with Gasteiger partial charge in [-0.3, -0.25) is 4.79 Å². The zero-order chi connectivity index (χ0) is 24.4. The maximum Gasteiger partial charge on any atom is 0.243 e. The van der Waals surface area contributed by atoms with Crippen molar-refractivity contribution in [2.75, 3.05) is 0 Å². The molecule has 0 aliphatic rings. The van der Waals surface area contributed by atoms with E-state index in [1.54, 1.807) is 54.6 Å². The first-order chi connectivity index (χ1) is 16.2. The van der Waals surface area contributed by atoms with Crippen LogP contribution in [0.25, 0.3) is 22.5 Å². The summed E-state index contributed by atoms with van der Waals surface area (Å²) in [6, 6.07) is 15.2. The summed E-state index contributed by atoms with van der Waals surface area (Å²) in [6.45, 7) is 0.132. The van der Waals surface area contributed by atoms with Crippen molar-refractivity contribution in [3.8, 4) is 22.5 Å². The lowest BCUT2D eigenvalue weighted by Gasteiger charge is -2.06. The van der Waals surface area contributed by atoms with Crippen LogP contribution < -0.4 is 5.32 Å². The minimum absolute atomic E-state index is 0.134. The average molecular weight is 575 g/mol. The van der Waals surface area contributed by atoms with Gasteiger partial charge in [0, 0.05) is 27.7 Å². The molecule has 1 amide bonds. The van der Waals surface area contributed by atoms with E-state index in [-0.39, 0.29) is 19.0 Å². The van der Waals surface area contributed by atoms with Gasteiger partial charge in [-0.15, -0.1) is 0 Å². The molecular formula is C23H14Cl6N4O. The Labute approximate surface area is 225 Å². The van der Waals surface area contributed by atoms with Crippen molar-refractivity contribution in [2.45, 2.75) is 13.1 Å². The summed E-state index contributed by atoms with van der Waals surface area (Å²) in [5.74, 6) is -0.302. The highest BCUT2D eigenvalue weighted by Gasteiger charge is 2.21. The molecule has 3 aromatic carbocycles. The van der Waals surface area contributed by atoms with E-state index < -0.39 is 0 Å². The molecule has 0 bridgehead atoms. The van der Waals surface area contributed by atoms with Gasteiger partial charge in [0.05, 0.1) is 20.1 Å². The van der Waals surface area contributed by atoms with Gasteiger partial charge in [0.1, 0.15) is 17.9 Å².